The van der Waals surface area contributed by atoms with E-state index in [0.29, 0.717) is 17.9 Å². The molecule has 0 bridgehead atoms. The summed E-state index contributed by atoms with van der Waals surface area (Å²) >= 11 is 0. The van der Waals surface area contributed by atoms with Crippen LogP contribution in [0.25, 0.3) is 5.57 Å². The van der Waals surface area contributed by atoms with Crippen LogP contribution in [0.1, 0.15) is 50.7 Å². The molecule has 1 unspecified atom stereocenters. The largest absolute Gasteiger partial charge is 0.478 e. The zero-order valence-electron chi connectivity index (χ0n) is 15.0. The van der Waals surface area contributed by atoms with Crippen molar-refractivity contribution in [3.05, 3.63) is 59.2 Å². The van der Waals surface area contributed by atoms with E-state index in [1.165, 1.54) is 28.8 Å². The Balaban J connectivity index is 2.19. The predicted molar refractivity (Wildman–Crippen MR) is 102 cm³/mol. The van der Waals surface area contributed by atoms with Crippen molar-refractivity contribution < 1.29 is 9.90 Å². The second kappa shape index (κ2) is 8.00. The number of benzene rings is 1. The van der Waals surface area contributed by atoms with E-state index in [9.17, 15) is 4.79 Å². The fourth-order valence-electron chi connectivity index (χ4n) is 3.01. The van der Waals surface area contributed by atoms with Gasteiger partial charge in [0.05, 0.1) is 0 Å². The van der Waals surface area contributed by atoms with Crippen LogP contribution in [0.5, 0.6) is 0 Å². The summed E-state index contributed by atoms with van der Waals surface area (Å²) in [5.74, 6) is -0.263. The number of anilines is 1. The second-order valence-electron chi connectivity index (χ2n) is 6.47. The third-order valence-electron chi connectivity index (χ3n) is 4.73. The number of hydrogen-bond donors (Lipinski definition) is 1. The van der Waals surface area contributed by atoms with Crippen LogP contribution in [0.4, 0.5) is 5.69 Å². The topological polar surface area (TPSA) is 40.5 Å². The van der Waals surface area contributed by atoms with E-state index < -0.39 is 5.97 Å². The van der Waals surface area contributed by atoms with Crippen LogP contribution >= 0.6 is 0 Å². The Morgan fingerprint density at radius 3 is 2.71 bits per heavy atom. The van der Waals surface area contributed by atoms with Gasteiger partial charge in [0.15, 0.2) is 0 Å². The Bertz CT molecular complexity index is 698. The Hall–Kier alpha value is -2.29. The summed E-state index contributed by atoms with van der Waals surface area (Å²) in [6.07, 6.45) is 9.11. The van der Waals surface area contributed by atoms with Crippen molar-refractivity contribution in [3.8, 4) is 0 Å². The van der Waals surface area contributed by atoms with Crippen LogP contribution in [-0.4, -0.2) is 24.7 Å². The maximum absolute atomic E-state index is 11.0. The molecule has 24 heavy (non-hydrogen) atoms. The molecular formula is C21H27NO2. The summed E-state index contributed by atoms with van der Waals surface area (Å²) < 4.78 is 0. The first-order valence-corrected chi connectivity index (χ1v) is 8.57. The van der Waals surface area contributed by atoms with E-state index in [1.54, 1.807) is 12.2 Å². The van der Waals surface area contributed by atoms with Gasteiger partial charge in [-0.3, -0.25) is 0 Å². The highest BCUT2D eigenvalue weighted by molar-refractivity contribution is 5.86. The van der Waals surface area contributed by atoms with Gasteiger partial charge in [-0.05, 0) is 54.5 Å². The van der Waals surface area contributed by atoms with Crippen molar-refractivity contribution in [1.82, 2.24) is 0 Å². The zero-order chi connectivity index (χ0) is 17.7. The molecule has 2 rings (SSSR count). The van der Waals surface area contributed by atoms with E-state index in [-0.39, 0.29) is 0 Å². The molecule has 1 aliphatic rings. The van der Waals surface area contributed by atoms with Gasteiger partial charge < -0.3 is 10.0 Å². The van der Waals surface area contributed by atoms with Crippen LogP contribution < -0.4 is 4.90 Å². The number of nitrogens with zero attached hydrogens (tertiary/aromatic N) is 1. The molecule has 0 saturated carbocycles. The number of carboxylic acids is 1. The second-order valence-corrected chi connectivity index (χ2v) is 6.47. The van der Waals surface area contributed by atoms with E-state index in [4.69, 9.17) is 5.11 Å². The van der Waals surface area contributed by atoms with Crippen LogP contribution in [-0.2, 0) is 4.79 Å². The van der Waals surface area contributed by atoms with Gasteiger partial charge in [0.2, 0.25) is 0 Å². The number of carbonyl (C=O) groups is 1. The standard InChI is InChI=1S/C21H27NO2/c1-5-17(21(23)24)9-7-6-8-15(2)18-10-11-20-19(14-18)16(3)12-13-22(20)4/h6-11,14,16H,5,12-13H2,1-4H3,(H,23,24)/b7-6+,15-8-,17-9+. The van der Waals surface area contributed by atoms with Gasteiger partial charge in [-0.15, -0.1) is 0 Å². The van der Waals surface area contributed by atoms with Gasteiger partial charge in [0.25, 0.3) is 0 Å². The van der Waals surface area contributed by atoms with E-state index >= 15 is 0 Å². The molecule has 3 heteroatoms. The number of allylic oxidation sites excluding steroid dienone is 5. The molecule has 1 aliphatic heterocycles. The third-order valence-corrected chi connectivity index (χ3v) is 4.73. The summed E-state index contributed by atoms with van der Waals surface area (Å²) in [7, 11) is 2.15. The first-order valence-electron chi connectivity index (χ1n) is 8.57. The summed E-state index contributed by atoms with van der Waals surface area (Å²) in [5, 5.41) is 9.00. The maximum atomic E-state index is 11.0. The first-order chi connectivity index (χ1) is 11.4. The highest BCUT2D eigenvalue weighted by atomic mass is 16.4. The maximum Gasteiger partial charge on any atom is 0.331 e. The number of aliphatic carboxylic acids is 1. The van der Waals surface area contributed by atoms with Crippen molar-refractivity contribution in [2.24, 2.45) is 0 Å². The molecule has 3 nitrogen and oxygen atoms in total. The van der Waals surface area contributed by atoms with Gasteiger partial charge >= 0.3 is 5.97 Å². The molecule has 0 saturated heterocycles. The summed E-state index contributed by atoms with van der Waals surface area (Å²) in [6.45, 7) is 7.34. The molecule has 0 radical (unpaired) electrons. The summed E-state index contributed by atoms with van der Waals surface area (Å²) in [5.41, 5.74) is 5.56. The highest BCUT2D eigenvalue weighted by Crippen LogP contribution is 2.35. The molecule has 0 aromatic heterocycles. The smallest absolute Gasteiger partial charge is 0.331 e. The molecule has 1 aromatic rings. The average molecular weight is 325 g/mol. The van der Waals surface area contributed by atoms with Crippen molar-refractivity contribution >= 4 is 17.2 Å². The quantitative estimate of drug-likeness (QED) is 0.611. The van der Waals surface area contributed by atoms with Gasteiger partial charge in [0, 0.05) is 24.9 Å². The molecule has 1 heterocycles. The van der Waals surface area contributed by atoms with Crippen LogP contribution in [0, 0.1) is 0 Å². The van der Waals surface area contributed by atoms with Crippen molar-refractivity contribution in [2.45, 2.75) is 39.5 Å². The number of hydrogen-bond acceptors (Lipinski definition) is 2. The number of carboxylic acid groups (broad SMARTS) is 1. The lowest BCUT2D eigenvalue weighted by atomic mass is 9.89. The fourth-order valence-corrected chi connectivity index (χ4v) is 3.01. The number of fused-ring (bicyclic) bond motifs is 1. The van der Waals surface area contributed by atoms with Crippen molar-refractivity contribution in [2.75, 3.05) is 18.5 Å². The Labute approximate surface area is 145 Å². The minimum Gasteiger partial charge on any atom is -0.478 e. The third kappa shape index (κ3) is 4.16. The van der Waals surface area contributed by atoms with Crippen molar-refractivity contribution in [1.29, 1.82) is 0 Å². The molecule has 1 aromatic carbocycles. The Kier molecular flexibility index (Phi) is 6.02. The molecule has 0 aliphatic carbocycles. The lowest BCUT2D eigenvalue weighted by Gasteiger charge is -2.32. The van der Waals surface area contributed by atoms with Gasteiger partial charge in [-0.2, -0.15) is 0 Å². The van der Waals surface area contributed by atoms with E-state index in [0.717, 1.165) is 6.54 Å². The summed E-state index contributed by atoms with van der Waals surface area (Å²) in [4.78, 5) is 13.3. The highest BCUT2D eigenvalue weighted by Gasteiger charge is 2.20. The SMILES string of the molecule is CC\C(=C/C=C/C=C(/C)c1ccc2c(c1)C(C)CCN2C)C(=O)O. The number of rotatable bonds is 5. The molecular weight excluding hydrogens is 298 g/mol. The normalized spacial score (nSPS) is 18.8. The molecule has 1 N–H and O–H groups in total. The van der Waals surface area contributed by atoms with E-state index in [1.807, 2.05) is 19.1 Å². The Morgan fingerprint density at radius 2 is 2.04 bits per heavy atom. The molecule has 0 spiro atoms. The van der Waals surface area contributed by atoms with Gasteiger partial charge in [-0.25, -0.2) is 4.79 Å². The molecule has 128 valence electrons. The summed E-state index contributed by atoms with van der Waals surface area (Å²) in [6, 6.07) is 6.67. The van der Waals surface area contributed by atoms with E-state index in [2.05, 4.69) is 44.0 Å². The average Bonchev–Trinajstić information content (AvgIpc) is 2.57. The monoisotopic (exact) mass is 325 g/mol. The lowest BCUT2D eigenvalue weighted by Crippen LogP contribution is -2.26. The van der Waals surface area contributed by atoms with Crippen LogP contribution in [0.3, 0.4) is 0 Å². The fraction of sp³-hybridized carbons (Fsp3) is 0.381. The minimum absolute atomic E-state index is 0.419. The van der Waals surface area contributed by atoms with Gasteiger partial charge in [-0.1, -0.05) is 44.2 Å². The minimum atomic E-state index is -0.851. The van der Waals surface area contributed by atoms with Crippen molar-refractivity contribution in [3.63, 3.8) is 0 Å². The Morgan fingerprint density at radius 1 is 1.33 bits per heavy atom. The molecule has 0 fully saturated rings. The van der Waals surface area contributed by atoms with Gasteiger partial charge in [0.1, 0.15) is 0 Å². The lowest BCUT2D eigenvalue weighted by molar-refractivity contribution is -0.132. The van der Waals surface area contributed by atoms with Crippen LogP contribution in [0.2, 0.25) is 0 Å². The zero-order valence-corrected chi connectivity index (χ0v) is 15.0. The van der Waals surface area contributed by atoms with Crippen LogP contribution in [0.15, 0.2) is 48.1 Å². The predicted octanol–water partition coefficient (Wildman–Crippen LogP) is 5.01. The molecule has 0 amide bonds. The molecule has 1 atom stereocenters. The first kappa shape index (κ1) is 18.1.